The zero-order valence-electron chi connectivity index (χ0n) is 8.47. The first-order chi connectivity index (χ1) is 7.50. The van der Waals surface area contributed by atoms with E-state index in [1.165, 1.54) is 0 Å². The highest BCUT2D eigenvalue weighted by Crippen LogP contribution is 2.37. The van der Waals surface area contributed by atoms with E-state index in [0.717, 1.165) is 12.3 Å². The van der Waals surface area contributed by atoms with Gasteiger partial charge in [0.25, 0.3) is 0 Å². The fourth-order valence-electron chi connectivity index (χ4n) is 1.11. The summed E-state index contributed by atoms with van der Waals surface area (Å²) in [4.78, 5) is 0. The van der Waals surface area contributed by atoms with E-state index in [1.54, 1.807) is 22.6 Å². The van der Waals surface area contributed by atoms with Gasteiger partial charge in [-0.1, -0.05) is 0 Å². The van der Waals surface area contributed by atoms with E-state index in [9.17, 15) is 21.6 Å². The van der Waals surface area contributed by atoms with E-state index in [1.807, 2.05) is 4.72 Å². The summed E-state index contributed by atoms with van der Waals surface area (Å²) in [6.07, 6.45) is -3.77. The van der Waals surface area contributed by atoms with Crippen molar-refractivity contribution < 1.29 is 21.6 Å². The van der Waals surface area contributed by atoms with Crippen LogP contribution in [-0.2, 0) is 16.2 Å². The number of nitrogens with two attached hydrogens (primary N) is 1. The lowest BCUT2D eigenvalue weighted by molar-refractivity contribution is -0.136. The number of hydrogen-bond donors (Lipinski definition) is 2. The molecule has 0 atom stereocenters. The third-order valence-electron chi connectivity index (χ3n) is 1.74. The van der Waals surface area contributed by atoms with Crippen LogP contribution in [-0.4, -0.2) is 14.7 Å². The Bertz CT molecular complexity index is 542. The molecule has 0 saturated carbocycles. The van der Waals surface area contributed by atoms with Gasteiger partial charge in [0.2, 0.25) is 10.0 Å². The van der Waals surface area contributed by atoms with Crippen molar-refractivity contribution in [3.63, 3.8) is 0 Å². The highest BCUT2D eigenvalue weighted by atomic mass is 127. The number of nitrogens with one attached hydrogen (secondary N) is 1. The second-order valence-corrected chi connectivity index (χ2v) is 6.20. The number of hydrogen-bond acceptors (Lipinski definition) is 3. The predicted octanol–water partition coefficient (Wildman–Crippen LogP) is 2.26. The molecule has 0 aliphatic carbocycles. The molecule has 17 heavy (non-hydrogen) atoms. The molecule has 0 aliphatic heterocycles. The molecule has 96 valence electrons. The minimum atomic E-state index is -4.62. The highest BCUT2D eigenvalue weighted by molar-refractivity contribution is 14.1. The number of halogens is 4. The number of anilines is 2. The smallest absolute Gasteiger partial charge is 0.398 e. The molecule has 3 N–H and O–H groups in total. The summed E-state index contributed by atoms with van der Waals surface area (Å²) in [5.41, 5.74) is 3.59. The predicted molar refractivity (Wildman–Crippen MR) is 67.0 cm³/mol. The van der Waals surface area contributed by atoms with E-state index in [-0.39, 0.29) is 5.69 Å². The molecule has 1 rings (SSSR count). The van der Waals surface area contributed by atoms with Crippen LogP contribution in [0.5, 0.6) is 0 Å². The molecule has 0 spiro atoms. The monoisotopic (exact) mass is 380 g/mol. The Hall–Kier alpha value is -0.710. The van der Waals surface area contributed by atoms with Gasteiger partial charge in [-0.2, -0.15) is 13.2 Å². The van der Waals surface area contributed by atoms with Gasteiger partial charge in [-0.25, -0.2) is 8.42 Å². The van der Waals surface area contributed by atoms with Crippen LogP contribution in [0.1, 0.15) is 5.56 Å². The second kappa shape index (κ2) is 4.52. The van der Waals surface area contributed by atoms with Crippen molar-refractivity contribution in [2.75, 3.05) is 16.7 Å². The summed E-state index contributed by atoms with van der Waals surface area (Å²) in [6.45, 7) is 0. The number of sulfonamides is 1. The van der Waals surface area contributed by atoms with Crippen LogP contribution in [0.4, 0.5) is 24.5 Å². The van der Waals surface area contributed by atoms with Crippen LogP contribution in [0.15, 0.2) is 12.1 Å². The Balaban J connectivity index is 3.34. The summed E-state index contributed by atoms with van der Waals surface area (Å²) in [6, 6.07) is 1.75. The molecule has 0 aliphatic rings. The SMILES string of the molecule is CS(=O)(=O)Nc1cc(C(F)(F)F)c(N)cc1I. The van der Waals surface area contributed by atoms with Crippen molar-refractivity contribution >= 4 is 44.0 Å². The normalized spacial score (nSPS) is 12.5. The first kappa shape index (κ1) is 14.4. The first-order valence-electron chi connectivity index (χ1n) is 4.15. The molecule has 0 unspecified atom stereocenters. The van der Waals surface area contributed by atoms with Gasteiger partial charge >= 0.3 is 6.18 Å². The van der Waals surface area contributed by atoms with Crippen molar-refractivity contribution in [1.82, 2.24) is 0 Å². The van der Waals surface area contributed by atoms with Crippen molar-refractivity contribution in [2.45, 2.75) is 6.18 Å². The largest absolute Gasteiger partial charge is 0.418 e. The molecule has 0 fully saturated rings. The van der Waals surface area contributed by atoms with Crippen molar-refractivity contribution in [2.24, 2.45) is 0 Å². The van der Waals surface area contributed by atoms with Gasteiger partial charge < -0.3 is 5.73 Å². The van der Waals surface area contributed by atoms with E-state index in [0.29, 0.717) is 9.64 Å². The molecule has 0 saturated heterocycles. The highest BCUT2D eigenvalue weighted by Gasteiger charge is 2.33. The quantitative estimate of drug-likeness (QED) is 0.611. The molecule has 0 radical (unpaired) electrons. The van der Waals surface area contributed by atoms with Crippen LogP contribution in [0.3, 0.4) is 0 Å². The van der Waals surface area contributed by atoms with E-state index in [4.69, 9.17) is 5.73 Å². The Morgan fingerprint density at radius 2 is 1.88 bits per heavy atom. The van der Waals surface area contributed by atoms with Gasteiger partial charge in [0.1, 0.15) is 0 Å². The van der Waals surface area contributed by atoms with Crippen LogP contribution in [0, 0.1) is 3.57 Å². The third-order valence-corrected chi connectivity index (χ3v) is 3.22. The molecule has 4 nitrogen and oxygen atoms in total. The molecular formula is C8H8F3IN2O2S. The molecule has 1 aromatic carbocycles. The lowest BCUT2D eigenvalue weighted by atomic mass is 10.1. The maximum absolute atomic E-state index is 12.5. The Morgan fingerprint density at radius 1 is 1.35 bits per heavy atom. The topological polar surface area (TPSA) is 72.2 Å². The molecule has 0 aromatic heterocycles. The van der Waals surface area contributed by atoms with Gasteiger partial charge in [0, 0.05) is 9.26 Å². The summed E-state index contributed by atoms with van der Waals surface area (Å²) in [5.74, 6) is 0. The van der Waals surface area contributed by atoms with Crippen LogP contribution >= 0.6 is 22.6 Å². The number of alkyl halides is 3. The second-order valence-electron chi connectivity index (χ2n) is 3.29. The molecule has 0 heterocycles. The Labute approximate surface area is 110 Å². The van der Waals surface area contributed by atoms with Crippen LogP contribution in [0.2, 0.25) is 0 Å². The summed E-state index contributed by atoms with van der Waals surface area (Å²) >= 11 is 1.70. The van der Waals surface area contributed by atoms with Crippen molar-refractivity contribution in [1.29, 1.82) is 0 Å². The van der Waals surface area contributed by atoms with Gasteiger partial charge in [-0.15, -0.1) is 0 Å². The van der Waals surface area contributed by atoms with Crippen molar-refractivity contribution in [3.05, 3.63) is 21.3 Å². The minimum Gasteiger partial charge on any atom is -0.398 e. The number of nitrogen functional groups attached to an aromatic ring is 1. The third kappa shape index (κ3) is 3.91. The molecular weight excluding hydrogens is 372 g/mol. The first-order valence-corrected chi connectivity index (χ1v) is 7.12. The average Bonchev–Trinajstić information content (AvgIpc) is 2.05. The Morgan fingerprint density at radius 3 is 2.29 bits per heavy atom. The lowest BCUT2D eigenvalue weighted by Crippen LogP contribution is -2.14. The molecule has 1 aromatic rings. The fraction of sp³-hybridized carbons (Fsp3) is 0.250. The van der Waals surface area contributed by atoms with Gasteiger partial charge in [0.05, 0.1) is 17.5 Å². The zero-order valence-corrected chi connectivity index (χ0v) is 11.4. The molecule has 0 bridgehead atoms. The standard InChI is InChI=1S/C8H8F3IN2O2S/c1-17(15,16)14-7-2-4(8(9,10)11)6(13)3-5(7)12/h2-3,14H,13H2,1H3. The zero-order chi connectivity index (χ0) is 13.4. The van der Waals surface area contributed by atoms with E-state index >= 15 is 0 Å². The summed E-state index contributed by atoms with van der Waals surface area (Å²) in [7, 11) is -3.64. The van der Waals surface area contributed by atoms with Crippen LogP contribution < -0.4 is 10.5 Å². The van der Waals surface area contributed by atoms with Gasteiger partial charge in [0.15, 0.2) is 0 Å². The fourth-order valence-corrected chi connectivity index (χ4v) is 2.49. The van der Waals surface area contributed by atoms with Crippen LogP contribution in [0.25, 0.3) is 0 Å². The summed E-state index contributed by atoms with van der Waals surface area (Å²) in [5, 5.41) is 0. The molecule has 9 heteroatoms. The molecule has 0 amide bonds. The minimum absolute atomic E-state index is 0.144. The number of rotatable bonds is 2. The van der Waals surface area contributed by atoms with Gasteiger partial charge in [-0.05, 0) is 34.7 Å². The van der Waals surface area contributed by atoms with Crippen molar-refractivity contribution in [3.8, 4) is 0 Å². The van der Waals surface area contributed by atoms with Gasteiger partial charge in [-0.3, -0.25) is 4.72 Å². The van der Waals surface area contributed by atoms with E-state index in [2.05, 4.69) is 0 Å². The summed E-state index contributed by atoms with van der Waals surface area (Å²) < 4.78 is 61.8. The maximum Gasteiger partial charge on any atom is 0.418 e. The lowest BCUT2D eigenvalue weighted by Gasteiger charge is -2.14. The average molecular weight is 380 g/mol. The Kier molecular flexibility index (Phi) is 3.81. The number of benzene rings is 1. The maximum atomic E-state index is 12.5. The van der Waals surface area contributed by atoms with E-state index < -0.39 is 27.5 Å².